The fourth-order valence-electron chi connectivity index (χ4n) is 1.71. The third-order valence-corrected chi connectivity index (χ3v) is 2.73. The van der Waals surface area contributed by atoms with Crippen molar-refractivity contribution in [2.24, 2.45) is 0 Å². The Hall–Kier alpha value is -2.89. The molecule has 0 saturated carbocycles. The molecule has 2 aromatic rings. The van der Waals surface area contributed by atoms with Gasteiger partial charge in [0, 0.05) is 23.9 Å². The summed E-state index contributed by atoms with van der Waals surface area (Å²) in [7, 11) is 0. The van der Waals surface area contributed by atoms with Gasteiger partial charge in [-0.2, -0.15) is 0 Å². The first-order chi connectivity index (χ1) is 9.95. The molecule has 0 unspecified atom stereocenters. The van der Waals surface area contributed by atoms with Crippen LogP contribution >= 0.6 is 0 Å². The molecule has 0 radical (unpaired) electrons. The van der Waals surface area contributed by atoms with E-state index in [1.807, 2.05) is 0 Å². The number of amides is 2. The molecular weight excluding hydrogens is 273 g/mol. The van der Waals surface area contributed by atoms with E-state index >= 15 is 0 Å². The number of hydrogen-bond donors (Lipinski definition) is 3. The van der Waals surface area contributed by atoms with Crippen molar-refractivity contribution < 1.29 is 14.0 Å². The lowest BCUT2D eigenvalue weighted by Gasteiger charge is -2.07. The lowest BCUT2D eigenvalue weighted by atomic mass is 10.2. The Balaban J connectivity index is 2.08. The maximum atomic E-state index is 13.3. The summed E-state index contributed by atoms with van der Waals surface area (Å²) >= 11 is 0. The van der Waals surface area contributed by atoms with Gasteiger partial charge in [-0.15, -0.1) is 0 Å². The van der Waals surface area contributed by atoms with Gasteiger partial charge in [0.25, 0.3) is 5.91 Å². The van der Waals surface area contributed by atoms with Gasteiger partial charge in [0.05, 0.1) is 5.69 Å². The minimum atomic E-state index is -0.636. The average Bonchev–Trinajstić information content (AvgIpc) is 2.43. The van der Waals surface area contributed by atoms with E-state index in [2.05, 4.69) is 10.6 Å². The van der Waals surface area contributed by atoms with Crippen molar-refractivity contribution >= 4 is 28.9 Å². The van der Waals surface area contributed by atoms with Crippen LogP contribution in [0.15, 0.2) is 42.5 Å². The van der Waals surface area contributed by atoms with Gasteiger partial charge in [-0.05, 0) is 42.5 Å². The zero-order valence-electron chi connectivity index (χ0n) is 11.3. The smallest absolute Gasteiger partial charge is 0.255 e. The third kappa shape index (κ3) is 3.79. The SMILES string of the molecule is CC(=O)Nc1ccc(NC(=O)c2ccc(N)c(F)c2)cc1. The van der Waals surface area contributed by atoms with Crippen LogP contribution in [0, 0.1) is 5.82 Å². The summed E-state index contributed by atoms with van der Waals surface area (Å²) in [6, 6.07) is 10.4. The second-order valence-corrected chi connectivity index (χ2v) is 4.45. The summed E-state index contributed by atoms with van der Waals surface area (Å²) in [6.45, 7) is 1.41. The quantitative estimate of drug-likeness (QED) is 0.759. The monoisotopic (exact) mass is 287 g/mol. The summed E-state index contributed by atoms with van der Waals surface area (Å²) in [5.74, 6) is -1.26. The van der Waals surface area contributed by atoms with Crippen LogP contribution in [0.3, 0.4) is 0 Å². The van der Waals surface area contributed by atoms with E-state index in [0.29, 0.717) is 11.4 Å². The van der Waals surface area contributed by atoms with Crippen LogP contribution in [0.4, 0.5) is 21.5 Å². The van der Waals surface area contributed by atoms with Gasteiger partial charge in [-0.1, -0.05) is 0 Å². The van der Waals surface area contributed by atoms with Crippen molar-refractivity contribution in [3.63, 3.8) is 0 Å². The number of nitrogens with two attached hydrogens (primary N) is 1. The van der Waals surface area contributed by atoms with Crippen molar-refractivity contribution in [2.75, 3.05) is 16.4 Å². The van der Waals surface area contributed by atoms with Crippen LogP contribution in [0.1, 0.15) is 17.3 Å². The maximum absolute atomic E-state index is 13.3. The van der Waals surface area contributed by atoms with Crippen LogP contribution in [0.5, 0.6) is 0 Å². The minimum Gasteiger partial charge on any atom is -0.396 e. The van der Waals surface area contributed by atoms with Gasteiger partial charge in [0.15, 0.2) is 0 Å². The summed E-state index contributed by atoms with van der Waals surface area (Å²) in [6.07, 6.45) is 0. The number of benzene rings is 2. The Morgan fingerprint density at radius 2 is 1.57 bits per heavy atom. The molecule has 0 aliphatic carbocycles. The highest BCUT2D eigenvalue weighted by Crippen LogP contribution is 2.16. The van der Waals surface area contributed by atoms with E-state index in [-0.39, 0.29) is 17.2 Å². The summed E-state index contributed by atoms with van der Waals surface area (Å²) in [5, 5.41) is 5.24. The molecule has 0 atom stereocenters. The molecule has 0 fully saturated rings. The Morgan fingerprint density at radius 1 is 1.00 bits per heavy atom. The molecule has 2 aromatic carbocycles. The molecule has 108 valence electrons. The first-order valence-electron chi connectivity index (χ1n) is 6.20. The zero-order valence-corrected chi connectivity index (χ0v) is 11.3. The number of anilines is 3. The van der Waals surface area contributed by atoms with Crippen molar-refractivity contribution in [2.45, 2.75) is 6.92 Å². The van der Waals surface area contributed by atoms with E-state index in [4.69, 9.17) is 5.73 Å². The van der Waals surface area contributed by atoms with Crippen LogP contribution in [0.2, 0.25) is 0 Å². The van der Waals surface area contributed by atoms with Crippen molar-refractivity contribution in [1.82, 2.24) is 0 Å². The average molecular weight is 287 g/mol. The minimum absolute atomic E-state index is 0.00814. The number of halogens is 1. The zero-order chi connectivity index (χ0) is 15.4. The van der Waals surface area contributed by atoms with E-state index in [1.165, 1.54) is 19.1 Å². The number of carbonyl (C=O) groups excluding carboxylic acids is 2. The molecule has 6 heteroatoms. The Labute approximate surface area is 121 Å². The standard InChI is InChI=1S/C15H14FN3O2/c1-9(20)18-11-3-5-12(6-4-11)19-15(21)10-2-7-14(17)13(16)8-10/h2-8H,17H2,1H3,(H,18,20)(H,19,21). The van der Waals surface area contributed by atoms with Crippen molar-refractivity contribution in [3.8, 4) is 0 Å². The number of nitrogen functional groups attached to an aromatic ring is 1. The topological polar surface area (TPSA) is 84.2 Å². The van der Waals surface area contributed by atoms with E-state index in [9.17, 15) is 14.0 Å². The highest BCUT2D eigenvalue weighted by molar-refractivity contribution is 6.04. The second kappa shape index (κ2) is 6.04. The lowest BCUT2D eigenvalue weighted by Crippen LogP contribution is -2.12. The van der Waals surface area contributed by atoms with Crippen LogP contribution in [-0.4, -0.2) is 11.8 Å². The first kappa shape index (κ1) is 14.5. The molecule has 21 heavy (non-hydrogen) atoms. The van der Waals surface area contributed by atoms with Gasteiger partial charge < -0.3 is 16.4 Å². The third-order valence-electron chi connectivity index (χ3n) is 2.73. The molecular formula is C15H14FN3O2. The normalized spacial score (nSPS) is 10.0. The van der Waals surface area contributed by atoms with Gasteiger partial charge in [-0.3, -0.25) is 9.59 Å². The predicted molar refractivity (Wildman–Crippen MR) is 79.5 cm³/mol. The molecule has 0 aliphatic heterocycles. The predicted octanol–water partition coefficient (Wildman–Crippen LogP) is 2.62. The largest absolute Gasteiger partial charge is 0.396 e. The molecule has 2 rings (SSSR count). The fraction of sp³-hybridized carbons (Fsp3) is 0.0667. The highest BCUT2D eigenvalue weighted by Gasteiger charge is 2.09. The van der Waals surface area contributed by atoms with Crippen molar-refractivity contribution in [3.05, 3.63) is 53.8 Å². The lowest BCUT2D eigenvalue weighted by molar-refractivity contribution is -0.114. The molecule has 0 saturated heterocycles. The molecule has 0 heterocycles. The number of hydrogen-bond acceptors (Lipinski definition) is 3. The van der Waals surface area contributed by atoms with Gasteiger partial charge in [0.2, 0.25) is 5.91 Å². The van der Waals surface area contributed by atoms with Gasteiger partial charge in [0.1, 0.15) is 5.82 Å². The highest BCUT2D eigenvalue weighted by atomic mass is 19.1. The summed E-state index contributed by atoms with van der Waals surface area (Å²) in [5.41, 5.74) is 6.68. The maximum Gasteiger partial charge on any atom is 0.255 e. The molecule has 0 aliphatic rings. The van der Waals surface area contributed by atoms with Crippen molar-refractivity contribution in [1.29, 1.82) is 0 Å². The molecule has 0 aromatic heterocycles. The molecule has 4 N–H and O–H groups in total. The first-order valence-corrected chi connectivity index (χ1v) is 6.20. The number of nitrogens with one attached hydrogen (secondary N) is 2. The molecule has 0 bridgehead atoms. The number of rotatable bonds is 3. The molecule has 2 amide bonds. The van der Waals surface area contributed by atoms with Gasteiger partial charge in [-0.25, -0.2) is 4.39 Å². The Morgan fingerprint density at radius 3 is 2.10 bits per heavy atom. The number of carbonyl (C=O) groups is 2. The van der Waals surface area contributed by atoms with Crippen LogP contribution in [-0.2, 0) is 4.79 Å². The van der Waals surface area contributed by atoms with E-state index in [0.717, 1.165) is 6.07 Å². The van der Waals surface area contributed by atoms with E-state index < -0.39 is 11.7 Å². The molecule has 0 spiro atoms. The van der Waals surface area contributed by atoms with Crippen LogP contribution < -0.4 is 16.4 Å². The van der Waals surface area contributed by atoms with Gasteiger partial charge >= 0.3 is 0 Å². The van der Waals surface area contributed by atoms with E-state index in [1.54, 1.807) is 24.3 Å². The fourth-order valence-corrected chi connectivity index (χ4v) is 1.71. The second-order valence-electron chi connectivity index (χ2n) is 4.45. The summed E-state index contributed by atoms with van der Waals surface area (Å²) < 4.78 is 13.3. The summed E-state index contributed by atoms with van der Waals surface area (Å²) in [4.78, 5) is 22.8. The van der Waals surface area contributed by atoms with Crippen LogP contribution in [0.25, 0.3) is 0 Å². The Kier molecular flexibility index (Phi) is 4.18. The Bertz CT molecular complexity index is 684. The molecule has 5 nitrogen and oxygen atoms in total.